The highest BCUT2D eigenvalue weighted by molar-refractivity contribution is 5.79. The minimum atomic E-state index is -0.717. The molecular weight excluding hydrogens is 464 g/mol. The molecule has 0 heterocycles. The van der Waals surface area contributed by atoms with Crippen molar-refractivity contribution in [2.75, 3.05) is 7.11 Å². The number of hydrogen-bond acceptors (Lipinski definition) is 4. The van der Waals surface area contributed by atoms with Gasteiger partial charge in [0.25, 0.3) is 0 Å². The fourth-order valence-electron chi connectivity index (χ4n) is 6.84. The zero-order chi connectivity index (χ0) is 26.7. The molecule has 6 heteroatoms. The minimum Gasteiger partial charge on any atom is -0.497 e. The van der Waals surface area contributed by atoms with Gasteiger partial charge < -0.3 is 20.5 Å². The molecule has 200 valence electrons. The number of fused-ring (bicyclic) bond motifs is 1. The van der Waals surface area contributed by atoms with E-state index in [0.717, 1.165) is 29.7 Å². The first-order valence-corrected chi connectivity index (χ1v) is 13.5. The van der Waals surface area contributed by atoms with Crippen LogP contribution in [0.25, 0.3) is 0 Å². The lowest BCUT2D eigenvalue weighted by molar-refractivity contribution is -0.125. The van der Waals surface area contributed by atoms with Crippen LogP contribution in [-0.2, 0) is 22.6 Å². The molecule has 2 fully saturated rings. The second-order valence-corrected chi connectivity index (χ2v) is 12.1. The van der Waals surface area contributed by atoms with Crippen molar-refractivity contribution in [2.45, 2.75) is 83.9 Å². The summed E-state index contributed by atoms with van der Waals surface area (Å²) in [5.41, 5.74) is 1.04. The number of carbonyl (C=O) groups is 2. The summed E-state index contributed by atoms with van der Waals surface area (Å²) < 4.78 is 5.21. The Bertz CT molecular complexity index is 1080. The molecule has 4 atom stereocenters. The van der Waals surface area contributed by atoms with Crippen molar-refractivity contribution in [3.05, 3.63) is 65.7 Å². The van der Waals surface area contributed by atoms with Crippen LogP contribution >= 0.6 is 0 Å². The van der Waals surface area contributed by atoms with Gasteiger partial charge in [-0.25, -0.2) is 0 Å². The molecular formula is C31H42N2O4. The van der Waals surface area contributed by atoms with E-state index < -0.39 is 5.60 Å². The molecule has 0 aromatic heterocycles. The third-order valence-corrected chi connectivity index (χ3v) is 8.84. The molecule has 2 aromatic carbocycles. The second kappa shape index (κ2) is 10.9. The summed E-state index contributed by atoms with van der Waals surface area (Å²) in [4.78, 5) is 26.1. The van der Waals surface area contributed by atoms with Crippen LogP contribution in [0.3, 0.4) is 0 Å². The highest BCUT2D eigenvalue weighted by Gasteiger charge is 2.61. The van der Waals surface area contributed by atoms with Gasteiger partial charge in [-0.2, -0.15) is 0 Å². The molecule has 3 N–H and O–H groups in total. The zero-order valence-electron chi connectivity index (χ0n) is 22.7. The fraction of sp³-hybridized carbons (Fsp3) is 0.548. The zero-order valence-corrected chi connectivity index (χ0v) is 22.7. The molecule has 2 amide bonds. The molecule has 0 saturated heterocycles. The highest BCUT2D eigenvalue weighted by atomic mass is 16.5. The van der Waals surface area contributed by atoms with Crippen molar-refractivity contribution in [1.29, 1.82) is 0 Å². The van der Waals surface area contributed by atoms with E-state index in [4.69, 9.17) is 4.74 Å². The minimum absolute atomic E-state index is 0.0142. The molecule has 0 spiro atoms. The number of methoxy groups -OCH3 is 1. The molecule has 2 saturated carbocycles. The second-order valence-electron chi connectivity index (χ2n) is 12.1. The van der Waals surface area contributed by atoms with Gasteiger partial charge in [0.1, 0.15) is 5.75 Å². The Morgan fingerprint density at radius 2 is 1.65 bits per heavy atom. The van der Waals surface area contributed by atoms with Crippen LogP contribution in [-0.4, -0.2) is 35.7 Å². The SMILES string of the molecule is COc1ccc(CNC(=O)CC[C@@]23CC[C@@](C)(O)C[C@H]2C(C)(C)C[C@@H]3NC(=O)Cc2ccccc2)cc1. The van der Waals surface area contributed by atoms with Crippen molar-refractivity contribution < 1.29 is 19.4 Å². The summed E-state index contributed by atoms with van der Waals surface area (Å²) >= 11 is 0. The van der Waals surface area contributed by atoms with Gasteiger partial charge in [-0.15, -0.1) is 0 Å². The number of ether oxygens (including phenoxy) is 1. The average molecular weight is 507 g/mol. The van der Waals surface area contributed by atoms with Gasteiger partial charge >= 0.3 is 0 Å². The lowest BCUT2D eigenvalue weighted by atomic mass is 9.57. The molecule has 0 aliphatic heterocycles. The van der Waals surface area contributed by atoms with Crippen LogP contribution in [0.5, 0.6) is 5.75 Å². The van der Waals surface area contributed by atoms with E-state index >= 15 is 0 Å². The average Bonchev–Trinajstić information content (AvgIpc) is 3.07. The smallest absolute Gasteiger partial charge is 0.224 e. The van der Waals surface area contributed by atoms with E-state index in [0.29, 0.717) is 38.6 Å². The topological polar surface area (TPSA) is 87.7 Å². The van der Waals surface area contributed by atoms with E-state index in [9.17, 15) is 14.7 Å². The van der Waals surface area contributed by atoms with E-state index in [1.807, 2.05) is 61.5 Å². The Kier molecular flexibility index (Phi) is 7.98. The van der Waals surface area contributed by atoms with Crippen molar-refractivity contribution >= 4 is 11.8 Å². The molecule has 2 aliphatic rings. The first-order chi connectivity index (χ1) is 17.5. The normalized spacial score (nSPS) is 28.2. The number of rotatable bonds is 9. The van der Waals surface area contributed by atoms with Gasteiger partial charge in [-0.3, -0.25) is 9.59 Å². The standard InChI is InChI=1S/C31H42N2O4/c1-29(2)20-26(33-28(35)18-22-8-6-5-7-9-22)31(17-16-30(3,36)19-25(29)31)15-14-27(34)32-21-23-10-12-24(37-4)13-11-23/h5-13,25-26,36H,14-21H2,1-4H3,(H,32,34)(H,33,35)/t25-,26-,30+,31+/m0/s1. The van der Waals surface area contributed by atoms with Gasteiger partial charge in [-0.05, 0) is 79.0 Å². The van der Waals surface area contributed by atoms with Crippen LogP contribution in [0.1, 0.15) is 70.4 Å². The van der Waals surface area contributed by atoms with Crippen molar-refractivity contribution in [1.82, 2.24) is 10.6 Å². The van der Waals surface area contributed by atoms with Gasteiger partial charge in [0.05, 0.1) is 19.1 Å². The van der Waals surface area contributed by atoms with Crippen LogP contribution < -0.4 is 15.4 Å². The summed E-state index contributed by atoms with van der Waals surface area (Å²) in [5, 5.41) is 17.4. The maximum atomic E-state index is 13.1. The molecule has 0 radical (unpaired) electrons. The van der Waals surface area contributed by atoms with E-state index in [2.05, 4.69) is 24.5 Å². The van der Waals surface area contributed by atoms with Gasteiger partial charge in [0, 0.05) is 19.0 Å². The Morgan fingerprint density at radius 1 is 0.946 bits per heavy atom. The van der Waals surface area contributed by atoms with Crippen molar-refractivity contribution in [3.63, 3.8) is 0 Å². The number of hydrogen-bond donors (Lipinski definition) is 3. The Hall–Kier alpha value is -2.86. The molecule has 37 heavy (non-hydrogen) atoms. The lowest BCUT2D eigenvalue weighted by Crippen LogP contribution is -2.53. The van der Waals surface area contributed by atoms with Crippen molar-refractivity contribution in [3.8, 4) is 5.75 Å². The fourth-order valence-corrected chi connectivity index (χ4v) is 6.84. The maximum absolute atomic E-state index is 13.1. The summed E-state index contributed by atoms with van der Waals surface area (Å²) in [7, 11) is 1.63. The number of benzene rings is 2. The maximum Gasteiger partial charge on any atom is 0.224 e. The summed E-state index contributed by atoms with van der Waals surface area (Å²) in [6.45, 7) is 6.90. The van der Waals surface area contributed by atoms with Gasteiger partial charge in [-0.1, -0.05) is 56.3 Å². The highest BCUT2D eigenvalue weighted by Crippen LogP contribution is 2.63. The first-order valence-electron chi connectivity index (χ1n) is 13.5. The molecule has 6 nitrogen and oxygen atoms in total. The lowest BCUT2D eigenvalue weighted by Gasteiger charge is -2.50. The monoisotopic (exact) mass is 506 g/mol. The Balaban J connectivity index is 1.46. The van der Waals surface area contributed by atoms with E-state index in [1.165, 1.54) is 0 Å². The van der Waals surface area contributed by atoms with Crippen LogP contribution in [0.2, 0.25) is 0 Å². The summed E-state index contributed by atoms with van der Waals surface area (Å²) in [5.74, 6) is 1.05. The Morgan fingerprint density at radius 3 is 2.32 bits per heavy atom. The van der Waals surface area contributed by atoms with E-state index in [-0.39, 0.29) is 34.6 Å². The molecule has 0 bridgehead atoms. The largest absolute Gasteiger partial charge is 0.497 e. The first kappa shape index (κ1) is 27.2. The molecule has 2 aromatic rings. The predicted octanol–water partition coefficient (Wildman–Crippen LogP) is 4.79. The Labute approximate surface area is 221 Å². The van der Waals surface area contributed by atoms with Crippen molar-refractivity contribution in [2.24, 2.45) is 16.7 Å². The third kappa shape index (κ3) is 6.35. The molecule has 2 aliphatic carbocycles. The third-order valence-electron chi connectivity index (χ3n) is 8.84. The summed E-state index contributed by atoms with van der Waals surface area (Å²) in [6, 6.07) is 17.5. The molecule has 4 rings (SSSR count). The number of aliphatic hydroxyl groups is 1. The van der Waals surface area contributed by atoms with Crippen LogP contribution in [0.4, 0.5) is 0 Å². The number of amides is 2. The van der Waals surface area contributed by atoms with Gasteiger partial charge in [0.15, 0.2) is 0 Å². The summed E-state index contributed by atoms with van der Waals surface area (Å²) in [6.07, 6.45) is 4.46. The van der Waals surface area contributed by atoms with Crippen LogP contribution in [0, 0.1) is 16.7 Å². The predicted molar refractivity (Wildman–Crippen MR) is 145 cm³/mol. The number of nitrogens with one attached hydrogen (secondary N) is 2. The van der Waals surface area contributed by atoms with E-state index in [1.54, 1.807) is 7.11 Å². The molecule has 0 unspecified atom stereocenters. The van der Waals surface area contributed by atoms with Gasteiger partial charge in [0.2, 0.25) is 11.8 Å². The quantitative estimate of drug-likeness (QED) is 0.457. The van der Waals surface area contributed by atoms with Crippen LogP contribution in [0.15, 0.2) is 54.6 Å². The number of carbonyl (C=O) groups excluding carboxylic acids is 2.